The van der Waals surface area contributed by atoms with Crippen molar-refractivity contribution in [3.63, 3.8) is 0 Å². The van der Waals surface area contributed by atoms with Crippen LogP contribution in [0.4, 0.5) is 0 Å². The van der Waals surface area contributed by atoms with Gasteiger partial charge in [0.15, 0.2) is 0 Å². The molecule has 1 unspecified atom stereocenters. The van der Waals surface area contributed by atoms with Gasteiger partial charge >= 0.3 is 0 Å². The summed E-state index contributed by atoms with van der Waals surface area (Å²) in [5.74, 6) is 1.54. The Balaban J connectivity index is 2.59. The molecule has 3 heteroatoms. The fraction of sp³-hybridized carbons (Fsp3) is 0.600. The Hall–Kier alpha value is -0.540. The quantitative estimate of drug-likeness (QED) is 0.898. The number of rotatable bonds is 3. The minimum atomic E-state index is 0.440. The molecule has 1 atom stereocenters. The van der Waals surface area contributed by atoms with E-state index in [1.165, 1.54) is 34.0 Å². The molecule has 1 N–H and O–H groups in total. The van der Waals surface area contributed by atoms with Crippen LogP contribution in [0, 0.1) is 6.92 Å². The molecule has 1 aliphatic rings. The van der Waals surface area contributed by atoms with Gasteiger partial charge in [-0.1, -0.05) is 29.8 Å². The maximum absolute atomic E-state index is 5.73. The first-order valence-electron chi connectivity index (χ1n) is 6.66. The smallest absolute Gasteiger partial charge is 0.127 e. The van der Waals surface area contributed by atoms with Gasteiger partial charge in [0.2, 0.25) is 0 Å². The van der Waals surface area contributed by atoms with E-state index >= 15 is 0 Å². The largest absolute Gasteiger partial charge is 0.496 e. The van der Waals surface area contributed by atoms with Crippen LogP contribution in [-0.4, -0.2) is 13.7 Å². The third-order valence-electron chi connectivity index (χ3n) is 3.79. The maximum Gasteiger partial charge on any atom is 0.127 e. The summed E-state index contributed by atoms with van der Waals surface area (Å²) >= 11 is 3.69. The summed E-state index contributed by atoms with van der Waals surface area (Å²) in [6.07, 6.45) is 2.45. The summed E-state index contributed by atoms with van der Waals surface area (Å²) in [4.78, 5) is 0. The SMILES string of the molecule is COc1c(C(C)C)cc(Br)c(C)c1C1CCCN1. The third kappa shape index (κ3) is 2.43. The Morgan fingerprint density at radius 1 is 1.44 bits per heavy atom. The Kier molecular flexibility index (Phi) is 4.33. The molecule has 1 fully saturated rings. The molecule has 0 spiro atoms. The van der Waals surface area contributed by atoms with Crippen LogP contribution in [0.1, 0.15) is 55.3 Å². The summed E-state index contributed by atoms with van der Waals surface area (Å²) in [6.45, 7) is 7.71. The molecule has 0 amide bonds. The van der Waals surface area contributed by atoms with Crippen molar-refractivity contribution in [3.8, 4) is 5.75 Å². The number of ether oxygens (including phenoxy) is 1. The topological polar surface area (TPSA) is 21.3 Å². The summed E-state index contributed by atoms with van der Waals surface area (Å²) in [5.41, 5.74) is 3.93. The highest BCUT2D eigenvalue weighted by Crippen LogP contribution is 2.41. The van der Waals surface area contributed by atoms with Crippen molar-refractivity contribution in [2.24, 2.45) is 0 Å². The van der Waals surface area contributed by atoms with Crippen LogP contribution in [-0.2, 0) is 0 Å². The maximum atomic E-state index is 5.73. The number of methoxy groups -OCH3 is 1. The molecule has 1 aromatic rings. The first kappa shape index (κ1) is 13.9. The third-order valence-corrected chi connectivity index (χ3v) is 4.61. The Morgan fingerprint density at radius 3 is 2.67 bits per heavy atom. The fourth-order valence-corrected chi connectivity index (χ4v) is 3.23. The highest BCUT2D eigenvalue weighted by Gasteiger charge is 2.25. The van der Waals surface area contributed by atoms with Crippen molar-refractivity contribution >= 4 is 15.9 Å². The lowest BCUT2D eigenvalue weighted by Gasteiger charge is -2.23. The molecular weight excluding hydrogens is 290 g/mol. The second kappa shape index (κ2) is 5.62. The molecule has 0 aliphatic carbocycles. The van der Waals surface area contributed by atoms with E-state index in [9.17, 15) is 0 Å². The molecular formula is C15H22BrNO. The standard InChI is InChI=1S/C15H22BrNO/c1-9(2)11-8-12(16)10(3)14(15(11)18-4)13-6-5-7-17-13/h8-9,13,17H,5-7H2,1-4H3. The second-order valence-electron chi connectivity index (χ2n) is 5.32. The lowest BCUT2D eigenvalue weighted by Crippen LogP contribution is -2.16. The van der Waals surface area contributed by atoms with Crippen molar-refractivity contribution in [1.29, 1.82) is 0 Å². The van der Waals surface area contributed by atoms with Crippen molar-refractivity contribution in [2.75, 3.05) is 13.7 Å². The van der Waals surface area contributed by atoms with Crippen LogP contribution in [0.2, 0.25) is 0 Å². The predicted molar refractivity (Wildman–Crippen MR) is 79.5 cm³/mol. The van der Waals surface area contributed by atoms with Gasteiger partial charge in [0.05, 0.1) is 7.11 Å². The van der Waals surface area contributed by atoms with Gasteiger partial charge in [-0.2, -0.15) is 0 Å². The van der Waals surface area contributed by atoms with E-state index in [0.717, 1.165) is 12.3 Å². The van der Waals surface area contributed by atoms with Crippen LogP contribution >= 0.6 is 15.9 Å². The number of hydrogen-bond acceptors (Lipinski definition) is 2. The molecule has 0 radical (unpaired) electrons. The summed E-state index contributed by atoms with van der Waals surface area (Å²) in [7, 11) is 1.78. The van der Waals surface area contributed by atoms with Crippen LogP contribution in [0.25, 0.3) is 0 Å². The number of halogens is 1. The lowest BCUT2D eigenvalue weighted by atomic mass is 9.91. The molecule has 2 rings (SSSR count). The van der Waals surface area contributed by atoms with E-state index in [0.29, 0.717) is 12.0 Å². The molecule has 1 aromatic carbocycles. The molecule has 0 aromatic heterocycles. The number of nitrogens with one attached hydrogen (secondary N) is 1. The Labute approximate surface area is 118 Å². The molecule has 1 saturated heterocycles. The molecule has 1 heterocycles. The van der Waals surface area contributed by atoms with E-state index in [4.69, 9.17) is 4.74 Å². The van der Waals surface area contributed by atoms with Gasteiger partial charge in [0.1, 0.15) is 5.75 Å². The normalized spacial score (nSPS) is 19.6. The molecule has 0 saturated carbocycles. The van der Waals surface area contributed by atoms with Gasteiger partial charge in [-0.3, -0.25) is 0 Å². The monoisotopic (exact) mass is 311 g/mol. The van der Waals surface area contributed by atoms with Gasteiger partial charge in [-0.25, -0.2) is 0 Å². The minimum absolute atomic E-state index is 0.440. The van der Waals surface area contributed by atoms with Gasteiger partial charge in [0, 0.05) is 16.1 Å². The summed E-state index contributed by atoms with van der Waals surface area (Å²) < 4.78 is 6.92. The molecule has 100 valence electrons. The van der Waals surface area contributed by atoms with E-state index in [1.807, 2.05) is 0 Å². The van der Waals surface area contributed by atoms with E-state index in [2.05, 4.69) is 48.1 Å². The van der Waals surface area contributed by atoms with E-state index in [-0.39, 0.29) is 0 Å². The highest BCUT2D eigenvalue weighted by atomic mass is 79.9. The average Bonchev–Trinajstić information content (AvgIpc) is 2.84. The van der Waals surface area contributed by atoms with Crippen molar-refractivity contribution in [3.05, 3.63) is 27.2 Å². The Morgan fingerprint density at radius 2 is 2.17 bits per heavy atom. The predicted octanol–water partition coefficient (Wildman–Crippen LogP) is 4.31. The van der Waals surface area contributed by atoms with Gasteiger partial charge in [-0.15, -0.1) is 0 Å². The first-order chi connectivity index (χ1) is 8.56. The molecule has 18 heavy (non-hydrogen) atoms. The van der Waals surface area contributed by atoms with Crippen molar-refractivity contribution < 1.29 is 4.74 Å². The minimum Gasteiger partial charge on any atom is -0.496 e. The van der Waals surface area contributed by atoms with Crippen LogP contribution in [0.5, 0.6) is 5.75 Å². The fourth-order valence-electron chi connectivity index (χ4n) is 2.77. The van der Waals surface area contributed by atoms with Gasteiger partial charge in [0.25, 0.3) is 0 Å². The van der Waals surface area contributed by atoms with Gasteiger partial charge in [-0.05, 0) is 49.4 Å². The van der Waals surface area contributed by atoms with Crippen LogP contribution < -0.4 is 10.1 Å². The summed E-state index contributed by atoms with van der Waals surface area (Å²) in [6, 6.07) is 2.65. The van der Waals surface area contributed by atoms with E-state index < -0.39 is 0 Å². The second-order valence-corrected chi connectivity index (χ2v) is 6.18. The van der Waals surface area contributed by atoms with Gasteiger partial charge < -0.3 is 10.1 Å². The van der Waals surface area contributed by atoms with Crippen LogP contribution in [0.15, 0.2) is 10.5 Å². The summed E-state index contributed by atoms with van der Waals surface area (Å²) in [5, 5.41) is 3.58. The molecule has 2 nitrogen and oxygen atoms in total. The Bertz CT molecular complexity index is 437. The van der Waals surface area contributed by atoms with Crippen LogP contribution in [0.3, 0.4) is 0 Å². The average molecular weight is 312 g/mol. The highest BCUT2D eigenvalue weighted by molar-refractivity contribution is 9.10. The molecule has 1 aliphatic heterocycles. The zero-order chi connectivity index (χ0) is 13.3. The zero-order valence-electron chi connectivity index (χ0n) is 11.6. The lowest BCUT2D eigenvalue weighted by molar-refractivity contribution is 0.395. The zero-order valence-corrected chi connectivity index (χ0v) is 13.2. The van der Waals surface area contributed by atoms with Crippen molar-refractivity contribution in [1.82, 2.24) is 5.32 Å². The first-order valence-corrected chi connectivity index (χ1v) is 7.45. The number of benzene rings is 1. The van der Waals surface area contributed by atoms with E-state index in [1.54, 1.807) is 7.11 Å². The number of hydrogen-bond donors (Lipinski definition) is 1. The van der Waals surface area contributed by atoms with Crippen molar-refractivity contribution in [2.45, 2.75) is 45.6 Å². The molecule has 0 bridgehead atoms.